The molecule has 0 spiro atoms. The zero-order chi connectivity index (χ0) is 15.1. The fourth-order valence-corrected chi connectivity index (χ4v) is 3.93. The van der Waals surface area contributed by atoms with Crippen LogP contribution in [0.1, 0.15) is 22.6 Å². The largest absolute Gasteiger partial charge is 0.301 e. The Morgan fingerprint density at radius 2 is 1.77 bits per heavy atom. The van der Waals surface area contributed by atoms with Gasteiger partial charge in [-0.2, -0.15) is 0 Å². The molecule has 1 aliphatic rings. The third kappa shape index (κ3) is 2.47. The Hall–Kier alpha value is -1.64. The van der Waals surface area contributed by atoms with Crippen molar-refractivity contribution in [2.75, 3.05) is 13.6 Å². The summed E-state index contributed by atoms with van der Waals surface area (Å²) in [7, 11) is 2.21. The smallest absolute Gasteiger partial charge is 0.0234 e. The first-order valence-corrected chi connectivity index (χ1v) is 8.45. The Bertz CT molecular complexity index is 840. The minimum atomic E-state index is 0.450. The number of hydrogen-bond donors (Lipinski definition) is 0. The van der Waals surface area contributed by atoms with E-state index in [1.165, 1.54) is 31.9 Å². The average molecular weight is 352 g/mol. The van der Waals surface area contributed by atoms with Gasteiger partial charge in [0.1, 0.15) is 0 Å². The number of fused-ring (bicyclic) bond motifs is 2. The maximum atomic E-state index is 3.60. The van der Waals surface area contributed by atoms with Gasteiger partial charge in [0, 0.05) is 23.5 Å². The molecule has 110 valence electrons. The highest BCUT2D eigenvalue weighted by molar-refractivity contribution is 9.10. The normalized spacial score (nSPS) is 18.4. The fourth-order valence-electron chi connectivity index (χ4n) is 3.53. The SMILES string of the molecule is CN1Cc2cc(Br)ccc2[C@H](c2ccc3ccccc3c2)C1. The Morgan fingerprint density at radius 1 is 0.955 bits per heavy atom. The molecule has 0 saturated carbocycles. The summed E-state index contributed by atoms with van der Waals surface area (Å²) in [5.74, 6) is 0.450. The fraction of sp³-hybridized carbons (Fsp3) is 0.200. The highest BCUT2D eigenvalue weighted by Crippen LogP contribution is 2.35. The van der Waals surface area contributed by atoms with Crippen LogP contribution in [0.3, 0.4) is 0 Å². The molecule has 1 atom stereocenters. The van der Waals surface area contributed by atoms with Gasteiger partial charge >= 0.3 is 0 Å². The second-order valence-electron chi connectivity index (χ2n) is 6.20. The summed E-state index contributed by atoms with van der Waals surface area (Å²) in [6.45, 7) is 2.10. The van der Waals surface area contributed by atoms with Crippen molar-refractivity contribution in [1.29, 1.82) is 0 Å². The van der Waals surface area contributed by atoms with Crippen molar-refractivity contribution in [3.05, 3.63) is 81.8 Å². The summed E-state index contributed by atoms with van der Waals surface area (Å²) in [5, 5.41) is 2.64. The van der Waals surface area contributed by atoms with Crippen LogP contribution in [0.5, 0.6) is 0 Å². The maximum absolute atomic E-state index is 3.60. The van der Waals surface area contributed by atoms with Gasteiger partial charge in [0.25, 0.3) is 0 Å². The summed E-state index contributed by atoms with van der Waals surface area (Å²) in [6.07, 6.45) is 0. The van der Waals surface area contributed by atoms with Crippen LogP contribution in [-0.4, -0.2) is 18.5 Å². The van der Waals surface area contributed by atoms with E-state index < -0.39 is 0 Å². The van der Waals surface area contributed by atoms with Crippen LogP contribution < -0.4 is 0 Å². The van der Waals surface area contributed by atoms with Gasteiger partial charge in [0.2, 0.25) is 0 Å². The van der Waals surface area contributed by atoms with E-state index in [-0.39, 0.29) is 0 Å². The minimum absolute atomic E-state index is 0.450. The number of nitrogens with zero attached hydrogens (tertiary/aromatic N) is 1. The van der Waals surface area contributed by atoms with Crippen molar-refractivity contribution in [2.24, 2.45) is 0 Å². The van der Waals surface area contributed by atoms with Crippen LogP contribution in [0, 0.1) is 0 Å². The Labute approximate surface area is 139 Å². The van der Waals surface area contributed by atoms with Crippen molar-refractivity contribution in [2.45, 2.75) is 12.5 Å². The molecule has 1 nitrogen and oxygen atoms in total. The van der Waals surface area contributed by atoms with E-state index in [0.29, 0.717) is 5.92 Å². The van der Waals surface area contributed by atoms with E-state index >= 15 is 0 Å². The Kier molecular flexibility index (Phi) is 3.51. The first-order chi connectivity index (χ1) is 10.7. The molecule has 0 bridgehead atoms. The van der Waals surface area contributed by atoms with Crippen molar-refractivity contribution >= 4 is 26.7 Å². The number of rotatable bonds is 1. The third-order valence-electron chi connectivity index (χ3n) is 4.59. The predicted octanol–water partition coefficient (Wildman–Crippen LogP) is 5.18. The van der Waals surface area contributed by atoms with E-state index in [1.54, 1.807) is 0 Å². The summed E-state index contributed by atoms with van der Waals surface area (Å²) in [5.41, 5.74) is 4.31. The lowest BCUT2D eigenvalue weighted by Gasteiger charge is -2.33. The monoisotopic (exact) mass is 351 g/mol. The van der Waals surface area contributed by atoms with Crippen LogP contribution in [0.25, 0.3) is 10.8 Å². The molecule has 0 fully saturated rings. The second kappa shape index (κ2) is 5.53. The first-order valence-electron chi connectivity index (χ1n) is 7.66. The van der Waals surface area contributed by atoms with Crippen molar-refractivity contribution < 1.29 is 0 Å². The molecular weight excluding hydrogens is 334 g/mol. The molecule has 0 amide bonds. The molecular formula is C20H18BrN. The van der Waals surface area contributed by atoms with Gasteiger partial charge in [-0.15, -0.1) is 0 Å². The summed E-state index contributed by atoms with van der Waals surface area (Å²) < 4.78 is 1.17. The molecule has 0 aliphatic carbocycles. The van der Waals surface area contributed by atoms with Crippen LogP contribution in [-0.2, 0) is 6.54 Å². The molecule has 0 radical (unpaired) electrons. The molecule has 0 N–H and O–H groups in total. The van der Waals surface area contributed by atoms with Gasteiger partial charge < -0.3 is 4.90 Å². The third-order valence-corrected chi connectivity index (χ3v) is 5.08. The van der Waals surface area contributed by atoms with Gasteiger partial charge in [-0.3, -0.25) is 0 Å². The van der Waals surface area contributed by atoms with Crippen LogP contribution in [0.4, 0.5) is 0 Å². The molecule has 3 aromatic rings. The molecule has 22 heavy (non-hydrogen) atoms. The van der Waals surface area contributed by atoms with E-state index in [9.17, 15) is 0 Å². The molecule has 3 aromatic carbocycles. The van der Waals surface area contributed by atoms with Crippen molar-refractivity contribution in [3.8, 4) is 0 Å². The number of hydrogen-bond acceptors (Lipinski definition) is 1. The Morgan fingerprint density at radius 3 is 2.64 bits per heavy atom. The lowest BCUT2D eigenvalue weighted by atomic mass is 9.84. The highest BCUT2D eigenvalue weighted by Gasteiger charge is 2.24. The molecule has 0 aromatic heterocycles. The zero-order valence-corrected chi connectivity index (χ0v) is 14.2. The van der Waals surface area contributed by atoms with E-state index in [0.717, 1.165) is 13.1 Å². The van der Waals surface area contributed by atoms with Crippen molar-refractivity contribution in [1.82, 2.24) is 4.90 Å². The van der Waals surface area contributed by atoms with Crippen molar-refractivity contribution in [3.63, 3.8) is 0 Å². The number of benzene rings is 3. The maximum Gasteiger partial charge on any atom is 0.0234 e. The quantitative estimate of drug-likeness (QED) is 0.583. The molecule has 1 aliphatic heterocycles. The van der Waals surface area contributed by atoms with E-state index in [2.05, 4.69) is 88.5 Å². The van der Waals surface area contributed by atoms with E-state index in [1.807, 2.05) is 0 Å². The summed E-state index contributed by atoms with van der Waals surface area (Å²) >= 11 is 3.60. The number of halogens is 1. The average Bonchev–Trinajstić information content (AvgIpc) is 2.53. The highest BCUT2D eigenvalue weighted by atomic mass is 79.9. The van der Waals surface area contributed by atoms with Gasteiger partial charge in [0.15, 0.2) is 0 Å². The lowest BCUT2D eigenvalue weighted by Crippen LogP contribution is -2.30. The van der Waals surface area contributed by atoms with Crippen LogP contribution in [0.15, 0.2) is 65.1 Å². The van der Waals surface area contributed by atoms with Crippen LogP contribution in [0.2, 0.25) is 0 Å². The number of likely N-dealkylation sites (N-methyl/N-ethyl adjacent to an activating group) is 1. The summed E-state index contributed by atoms with van der Waals surface area (Å²) in [6, 6.07) is 22.2. The molecule has 0 unspecified atom stereocenters. The van der Waals surface area contributed by atoms with Gasteiger partial charge in [0.05, 0.1) is 0 Å². The summed E-state index contributed by atoms with van der Waals surface area (Å²) in [4.78, 5) is 2.41. The van der Waals surface area contributed by atoms with Gasteiger partial charge in [-0.25, -0.2) is 0 Å². The molecule has 4 rings (SSSR count). The second-order valence-corrected chi connectivity index (χ2v) is 7.11. The molecule has 1 heterocycles. The standard InChI is InChI=1S/C20H18BrN/c1-22-12-17-11-18(21)8-9-19(17)20(13-22)16-7-6-14-4-2-3-5-15(14)10-16/h2-11,20H,12-13H2,1H3/t20-/m0/s1. The van der Waals surface area contributed by atoms with Crippen LogP contribution >= 0.6 is 15.9 Å². The lowest BCUT2D eigenvalue weighted by molar-refractivity contribution is 0.295. The van der Waals surface area contributed by atoms with E-state index in [4.69, 9.17) is 0 Å². The zero-order valence-electron chi connectivity index (χ0n) is 12.6. The predicted molar refractivity (Wildman–Crippen MR) is 96.3 cm³/mol. The van der Waals surface area contributed by atoms with Gasteiger partial charge in [-0.1, -0.05) is 64.5 Å². The molecule has 2 heteroatoms. The topological polar surface area (TPSA) is 3.24 Å². The Balaban J connectivity index is 1.84. The molecule has 0 saturated heterocycles. The minimum Gasteiger partial charge on any atom is -0.301 e. The van der Waals surface area contributed by atoms with Gasteiger partial charge in [-0.05, 0) is 46.6 Å². The first kappa shape index (κ1) is 14.0.